The molecule has 2 aromatic heterocycles. The Morgan fingerprint density at radius 1 is 1.18 bits per heavy atom. The van der Waals surface area contributed by atoms with Crippen LogP contribution in [-0.4, -0.2) is 72.6 Å². The number of halogens is 2. The quantitative estimate of drug-likeness (QED) is 0.351. The van der Waals surface area contributed by atoms with Crippen molar-refractivity contribution >= 4 is 35.1 Å². The summed E-state index contributed by atoms with van der Waals surface area (Å²) >= 11 is 0. The Morgan fingerprint density at radius 3 is 2.66 bits per heavy atom. The molecular formula is C22H20F2N6O8. The fourth-order valence-corrected chi connectivity index (χ4v) is 4.07. The molecule has 2 amide bonds. The standard InChI is InChI=1S/C22H20F2N6O8/c23-15-9-13(28-12-14(37-22(28)32)11-25-18-3-7-35-26-18)10-16(24)20(15)27-4-5-29(36-8-6-27)21(31)17-1-2-19(38-17)30(33)34/h1-3,7,9-10,14H,4-6,8,11-12H2,(H,25,26)/t14-/m0/s1. The Balaban J connectivity index is 1.24. The maximum Gasteiger partial charge on any atom is 0.433 e. The second-order valence-corrected chi connectivity index (χ2v) is 8.26. The van der Waals surface area contributed by atoms with Crippen LogP contribution in [0, 0.1) is 21.7 Å². The predicted octanol–water partition coefficient (Wildman–Crippen LogP) is 2.79. The minimum atomic E-state index is -0.918. The van der Waals surface area contributed by atoms with Crippen molar-refractivity contribution in [3.63, 3.8) is 0 Å². The van der Waals surface area contributed by atoms with E-state index < -0.39 is 40.5 Å². The van der Waals surface area contributed by atoms with Gasteiger partial charge in [0.2, 0.25) is 5.76 Å². The van der Waals surface area contributed by atoms with E-state index in [1.807, 2.05) is 0 Å². The lowest BCUT2D eigenvalue weighted by Gasteiger charge is -2.24. The second kappa shape index (κ2) is 10.3. The molecule has 0 bridgehead atoms. The molecule has 0 unspecified atom stereocenters. The van der Waals surface area contributed by atoms with Crippen molar-refractivity contribution < 1.29 is 41.8 Å². The number of amides is 2. The molecular weight excluding hydrogens is 514 g/mol. The lowest BCUT2D eigenvalue weighted by molar-refractivity contribution is -0.402. The number of anilines is 3. The van der Waals surface area contributed by atoms with Gasteiger partial charge in [0.15, 0.2) is 17.5 Å². The zero-order chi connectivity index (χ0) is 26.8. The molecule has 14 nitrogen and oxygen atoms in total. The van der Waals surface area contributed by atoms with E-state index in [2.05, 4.69) is 10.5 Å². The fraction of sp³-hybridized carbons (Fsp3) is 0.318. The Labute approximate surface area is 212 Å². The average molecular weight is 534 g/mol. The van der Waals surface area contributed by atoms with Crippen molar-refractivity contribution in [1.29, 1.82) is 0 Å². The minimum absolute atomic E-state index is 0.0106. The number of ether oxygens (including phenoxy) is 1. The maximum absolute atomic E-state index is 15.1. The van der Waals surface area contributed by atoms with E-state index >= 15 is 8.78 Å². The summed E-state index contributed by atoms with van der Waals surface area (Å²) in [5, 5.41) is 18.3. The number of nitro groups is 1. The highest BCUT2D eigenvalue weighted by atomic mass is 19.1. The van der Waals surface area contributed by atoms with Gasteiger partial charge in [-0.1, -0.05) is 5.16 Å². The average Bonchev–Trinajstić information content (AvgIpc) is 3.61. The number of hydrogen-bond acceptors (Lipinski definition) is 11. The summed E-state index contributed by atoms with van der Waals surface area (Å²) in [4.78, 5) is 42.8. The third-order valence-electron chi connectivity index (χ3n) is 5.84. The molecule has 0 spiro atoms. The number of rotatable bonds is 7. The third kappa shape index (κ3) is 5.06. The molecule has 1 N–H and O–H groups in total. The van der Waals surface area contributed by atoms with Crippen LogP contribution in [0.5, 0.6) is 0 Å². The summed E-state index contributed by atoms with van der Waals surface area (Å²) in [7, 11) is 0. The van der Waals surface area contributed by atoms with Gasteiger partial charge >= 0.3 is 17.9 Å². The van der Waals surface area contributed by atoms with Crippen LogP contribution in [0.2, 0.25) is 0 Å². The third-order valence-corrected chi connectivity index (χ3v) is 5.84. The van der Waals surface area contributed by atoms with Crippen LogP contribution < -0.4 is 15.1 Å². The largest absolute Gasteiger partial charge is 0.442 e. The zero-order valence-electron chi connectivity index (χ0n) is 19.5. The molecule has 200 valence electrons. The van der Waals surface area contributed by atoms with Crippen molar-refractivity contribution in [3.8, 4) is 0 Å². The van der Waals surface area contributed by atoms with Crippen LogP contribution in [0.25, 0.3) is 0 Å². The molecule has 2 aliphatic heterocycles. The van der Waals surface area contributed by atoms with Gasteiger partial charge in [-0.05, 0) is 6.07 Å². The lowest BCUT2D eigenvalue weighted by atomic mass is 10.2. The molecule has 2 aliphatic rings. The number of cyclic esters (lactones) is 1. The van der Waals surface area contributed by atoms with E-state index in [4.69, 9.17) is 18.5 Å². The first-order valence-electron chi connectivity index (χ1n) is 11.4. The lowest BCUT2D eigenvalue weighted by Crippen LogP contribution is -2.34. The number of hydrogen-bond donors (Lipinski definition) is 1. The van der Waals surface area contributed by atoms with Gasteiger partial charge in [0.05, 0.1) is 38.0 Å². The number of furan rings is 1. The molecule has 0 radical (unpaired) electrons. The zero-order valence-corrected chi connectivity index (χ0v) is 19.5. The number of nitrogens with zero attached hydrogens (tertiary/aromatic N) is 5. The second-order valence-electron chi connectivity index (χ2n) is 8.26. The van der Waals surface area contributed by atoms with Crippen LogP contribution in [0.15, 0.2) is 45.5 Å². The number of carbonyl (C=O) groups is 2. The first-order chi connectivity index (χ1) is 18.3. The Bertz CT molecular complexity index is 1330. The molecule has 5 rings (SSSR count). The van der Waals surface area contributed by atoms with E-state index in [1.165, 1.54) is 11.2 Å². The summed E-state index contributed by atoms with van der Waals surface area (Å²) in [5.74, 6) is -3.06. The van der Waals surface area contributed by atoms with Crippen LogP contribution in [0.4, 0.5) is 36.7 Å². The molecule has 1 aromatic carbocycles. The van der Waals surface area contributed by atoms with Crippen LogP contribution in [-0.2, 0) is 9.57 Å². The number of nitrogens with one attached hydrogen (secondary N) is 1. The molecule has 2 saturated heterocycles. The van der Waals surface area contributed by atoms with E-state index in [1.54, 1.807) is 6.07 Å². The molecule has 4 heterocycles. The molecule has 0 saturated carbocycles. The van der Waals surface area contributed by atoms with E-state index in [0.717, 1.165) is 34.2 Å². The van der Waals surface area contributed by atoms with Crippen molar-refractivity contribution in [3.05, 3.63) is 64.1 Å². The highest BCUT2D eigenvalue weighted by Gasteiger charge is 2.34. The Hall–Kier alpha value is -4.73. The van der Waals surface area contributed by atoms with E-state index in [0.29, 0.717) is 5.82 Å². The number of hydroxylamine groups is 2. The monoisotopic (exact) mass is 534 g/mol. The van der Waals surface area contributed by atoms with E-state index in [9.17, 15) is 19.7 Å². The summed E-state index contributed by atoms with van der Waals surface area (Å²) in [6, 6.07) is 5.83. The molecule has 38 heavy (non-hydrogen) atoms. The van der Waals surface area contributed by atoms with Crippen LogP contribution in [0.1, 0.15) is 10.6 Å². The van der Waals surface area contributed by atoms with Crippen molar-refractivity contribution in [1.82, 2.24) is 10.2 Å². The van der Waals surface area contributed by atoms with Gasteiger partial charge in [0, 0.05) is 31.3 Å². The Kier molecular flexibility index (Phi) is 6.78. The van der Waals surface area contributed by atoms with Gasteiger partial charge in [-0.25, -0.2) is 18.6 Å². The summed E-state index contributed by atoms with van der Waals surface area (Å²) in [5.41, 5.74) is -0.364. The minimum Gasteiger partial charge on any atom is -0.442 e. The first kappa shape index (κ1) is 24.9. The predicted molar refractivity (Wildman–Crippen MR) is 124 cm³/mol. The van der Waals surface area contributed by atoms with Crippen molar-refractivity contribution in [2.45, 2.75) is 6.10 Å². The van der Waals surface area contributed by atoms with E-state index in [-0.39, 0.29) is 56.5 Å². The fourth-order valence-electron chi connectivity index (χ4n) is 4.07. The van der Waals surface area contributed by atoms with Gasteiger partial charge in [-0.15, -0.1) is 0 Å². The normalized spacial score (nSPS) is 17.9. The van der Waals surface area contributed by atoms with Gasteiger partial charge in [-0.2, -0.15) is 0 Å². The van der Waals surface area contributed by atoms with Gasteiger partial charge in [0.25, 0.3) is 0 Å². The summed E-state index contributed by atoms with van der Waals surface area (Å²) in [6.45, 7) is 0.0914. The highest BCUT2D eigenvalue weighted by Crippen LogP contribution is 2.31. The number of carbonyl (C=O) groups excluding carboxylic acids is 2. The SMILES string of the molecule is O=C(c1ccc([N+](=O)[O-])o1)N1CCN(c2c(F)cc(N3C[C@H](CNc4ccon4)OC3=O)cc2F)CCO1. The molecule has 16 heteroatoms. The van der Waals surface area contributed by atoms with Crippen molar-refractivity contribution in [2.75, 3.05) is 54.4 Å². The van der Waals surface area contributed by atoms with Crippen LogP contribution >= 0.6 is 0 Å². The van der Waals surface area contributed by atoms with Crippen LogP contribution in [0.3, 0.4) is 0 Å². The van der Waals surface area contributed by atoms with Gasteiger partial charge in [0.1, 0.15) is 23.0 Å². The highest BCUT2D eigenvalue weighted by molar-refractivity contribution is 5.91. The number of aromatic nitrogens is 1. The summed E-state index contributed by atoms with van der Waals surface area (Å²) < 4.78 is 45.2. The topological polar surface area (TPSA) is 157 Å². The molecule has 1 atom stereocenters. The molecule has 2 fully saturated rings. The van der Waals surface area contributed by atoms with Crippen molar-refractivity contribution in [2.24, 2.45) is 0 Å². The van der Waals surface area contributed by atoms with Gasteiger partial charge in [-0.3, -0.25) is 24.6 Å². The molecule has 0 aliphatic carbocycles. The van der Waals surface area contributed by atoms with Gasteiger partial charge < -0.3 is 23.9 Å². The number of benzene rings is 1. The Morgan fingerprint density at radius 2 is 1.97 bits per heavy atom. The molecule has 3 aromatic rings. The first-order valence-corrected chi connectivity index (χ1v) is 11.4. The smallest absolute Gasteiger partial charge is 0.433 e. The summed E-state index contributed by atoms with van der Waals surface area (Å²) in [6.07, 6.45) is 0.0345. The maximum atomic E-state index is 15.1.